The van der Waals surface area contributed by atoms with Crippen LogP contribution in [0.25, 0.3) is 39.4 Å². The number of nitrogens with one attached hydrogen (secondary N) is 2. The van der Waals surface area contributed by atoms with Crippen LogP contribution in [0.2, 0.25) is 0 Å². The van der Waals surface area contributed by atoms with E-state index >= 15 is 4.39 Å². The molecule has 5 aliphatic rings. The van der Waals surface area contributed by atoms with Crippen LogP contribution >= 0.6 is 0 Å². The van der Waals surface area contributed by atoms with Gasteiger partial charge in [0.1, 0.15) is 23.9 Å². The maximum absolute atomic E-state index is 15.4. The van der Waals surface area contributed by atoms with Crippen LogP contribution < -0.4 is 16.6 Å². The SMILES string of the molecule is CC[C@@]1(O)C(=O)OCc2c1cc1n(c2=O)Cc2c-1nc1cc(F)c(C)c3c1c2[C@@H](NC(=O)COC(=O)N1CCC(N2CCN(Cc4ccc(-n5c(-c6cc(C(C)C)c(O)cc6O)n[nH]c5=O)cc4C(F)(F)F)CC2)CC1)CC3. The van der Waals surface area contributed by atoms with Crippen molar-refractivity contribution in [2.75, 3.05) is 45.9 Å². The molecule has 5 N–H and O–H groups in total. The van der Waals surface area contributed by atoms with E-state index in [1.165, 1.54) is 28.8 Å². The van der Waals surface area contributed by atoms with Crippen LogP contribution in [-0.4, -0.2) is 124 Å². The van der Waals surface area contributed by atoms with E-state index in [-0.39, 0.29) is 77.6 Å². The largest absolute Gasteiger partial charge is 0.508 e. The number of carbonyl (C=O) groups excluding carboxylic acids is 3. The number of phenols is 2. The van der Waals surface area contributed by atoms with Gasteiger partial charge in [-0.15, -0.1) is 0 Å². The van der Waals surface area contributed by atoms with Gasteiger partial charge < -0.3 is 39.6 Å². The summed E-state index contributed by atoms with van der Waals surface area (Å²) in [6.07, 6.45) is -3.47. The molecule has 1 aliphatic carbocycles. The molecule has 0 bridgehead atoms. The minimum Gasteiger partial charge on any atom is -0.508 e. The molecular weight excluding hydrogens is 1020 g/mol. The van der Waals surface area contributed by atoms with Crippen molar-refractivity contribution in [2.45, 2.75) is 109 Å². The smallest absolute Gasteiger partial charge is 0.416 e. The number of rotatable bonds is 10. The van der Waals surface area contributed by atoms with Crippen molar-refractivity contribution in [2.24, 2.45) is 0 Å². The number of alkyl halides is 3. The molecule has 19 nitrogen and oxygen atoms in total. The summed E-state index contributed by atoms with van der Waals surface area (Å²) in [6, 6.07) is 8.58. The zero-order valence-electron chi connectivity index (χ0n) is 43.2. The standard InChI is InChI=1S/C55H57F4N9O10/c1-5-54(76)38-20-42-48-35(24-67(42)50(72)36(38)25-77-51(54)73)47-40(9-8-32-28(4)39(56)21-41(61-48)46(32)47)60-45(71)26-78-53(75)66-12-10-30(11-13-66)65-16-14-64(15-17-65)23-29-6-7-31(18-37(29)55(57,58)59)68-49(62-63-52(68)74)34-19-33(27(2)3)43(69)22-44(34)70/h6-7,18-22,27,30,40,69-70,76H,5,8-17,23-26H2,1-4H3,(H,60,71)(H,63,74)/t40-,54-/m0/s1. The number of hydrogen-bond donors (Lipinski definition) is 5. The Labute approximate surface area is 443 Å². The molecule has 0 saturated carbocycles. The maximum Gasteiger partial charge on any atom is 0.416 e. The first-order valence-corrected chi connectivity index (χ1v) is 26.1. The summed E-state index contributed by atoms with van der Waals surface area (Å²) in [6.45, 7) is 8.91. The van der Waals surface area contributed by atoms with E-state index in [4.69, 9.17) is 14.5 Å². The van der Waals surface area contributed by atoms with Gasteiger partial charge in [-0.1, -0.05) is 26.8 Å². The lowest BCUT2D eigenvalue weighted by atomic mass is 9.81. The summed E-state index contributed by atoms with van der Waals surface area (Å²) in [4.78, 5) is 77.5. The fourth-order valence-corrected chi connectivity index (χ4v) is 12.2. The number of esters is 1. The number of cyclic esters (lactones) is 1. The molecule has 0 radical (unpaired) electrons. The van der Waals surface area contributed by atoms with E-state index < -0.39 is 70.8 Å². The highest BCUT2D eigenvalue weighted by Gasteiger charge is 2.46. The van der Waals surface area contributed by atoms with Gasteiger partial charge in [0.15, 0.2) is 18.0 Å². The topological polar surface area (TPSA) is 238 Å². The lowest BCUT2D eigenvalue weighted by Gasteiger charge is -2.42. The molecule has 6 aromatic rings. The van der Waals surface area contributed by atoms with Crippen molar-refractivity contribution in [1.29, 1.82) is 0 Å². The third kappa shape index (κ3) is 8.93. The number of aromatic nitrogens is 5. The number of aromatic amines is 1. The average molecular weight is 1080 g/mol. The summed E-state index contributed by atoms with van der Waals surface area (Å²) in [7, 11) is 0. The number of ether oxygens (including phenoxy) is 2. The minimum absolute atomic E-state index is 0.00427. The normalized spacial score (nSPS) is 19.7. The highest BCUT2D eigenvalue weighted by Crippen LogP contribution is 2.46. The lowest BCUT2D eigenvalue weighted by molar-refractivity contribution is -0.172. The van der Waals surface area contributed by atoms with E-state index in [0.29, 0.717) is 109 Å². The summed E-state index contributed by atoms with van der Waals surface area (Å²) >= 11 is 0. The van der Waals surface area contributed by atoms with Crippen molar-refractivity contribution < 1.29 is 56.7 Å². The fourth-order valence-electron chi connectivity index (χ4n) is 12.2. The van der Waals surface area contributed by atoms with Crippen LogP contribution in [0.3, 0.4) is 0 Å². The fraction of sp³-hybridized carbons (Fsp3) is 0.436. The molecule has 7 heterocycles. The van der Waals surface area contributed by atoms with Gasteiger partial charge in [-0.2, -0.15) is 18.3 Å². The zero-order chi connectivity index (χ0) is 55.3. The Morgan fingerprint density at radius 2 is 1.71 bits per heavy atom. The molecule has 3 aromatic heterocycles. The predicted molar refractivity (Wildman–Crippen MR) is 273 cm³/mol. The van der Waals surface area contributed by atoms with Crippen LogP contribution in [0.4, 0.5) is 22.4 Å². The van der Waals surface area contributed by atoms with Crippen LogP contribution in [0.5, 0.6) is 11.5 Å². The van der Waals surface area contributed by atoms with Gasteiger partial charge in [0, 0.05) is 80.5 Å². The van der Waals surface area contributed by atoms with Gasteiger partial charge in [-0.05, 0) is 97.0 Å². The zero-order valence-corrected chi connectivity index (χ0v) is 43.2. The molecule has 11 rings (SSSR count). The number of piperazine rings is 1. The molecule has 3 aromatic carbocycles. The van der Waals surface area contributed by atoms with Crippen LogP contribution in [-0.2, 0) is 57.0 Å². The first-order chi connectivity index (χ1) is 37.1. The lowest BCUT2D eigenvalue weighted by Crippen LogP contribution is -2.53. The Hall–Kier alpha value is -7.63. The number of aromatic hydroxyl groups is 2. The number of likely N-dealkylation sites (tertiary alicyclic amines) is 1. The second-order valence-corrected chi connectivity index (χ2v) is 21.2. The Morgan fingerprint density at radius 1 is 0.962 bits per heavy atom. The molecule has 4 aliphatic heterocycles. The first-order valence-electron chi connectivity index (χ1n) is 26.1. The second-order valence-electron chi connectivity index (χ2n) is 21.2. The number of aryl methyl sites for hydroxylation is 1. The number of pyridine rings is 2. The minimum atomic E-state index is -4.77. The number of benzene rings is 3. The van der Waals surface area contributed by atoms with Crippen molar-refractivity contribution in [3.63, 3.8) is 0 Å². The number of amides is 2. The highest BCUT2D eigenvalue weighted by atomic mass is 19.4. The molecule has 2 atom stereocenters. The summed E-state index contributed by atoms with van der Waals surface area (Å²) < 4.78 is 72.9. The van der Waals surface area contributed by atoms with E-state index in [0.717, 1.165) is 22.3 Å². The van der Waals surface area contributed by atoms with Gasteiger partial charge in [0.2, 0.25) is 0 Å². The van der Waals surface area contributed by atoms with Gasteiger partial charge in [-0.3, -0.25) is 19.4 Å². The Kier molecular flexibility index (Phi) is 13.2. The number of carbonyl (C=O) groups is 3. The number of hydrogen-bond acceptors (Lipinski definition) is 14. The number of piperidine rings is 1. The van der Waals surface area contributed by atoms with Gasteiger partial charge >= 0.3 is 23.9 Å². The van der Waals surface area contributed by atoms with Gasteiger partial charge in [0.05, 0.1) is 51.9 Å². The number of phenolic OH excluding ortho intramolecular Hbond substituents is 2. The van der Waals surface area contributed by atoms with Crippen LogP contribution in [0, 0.1) is 12.7 Å². The second kappa shape index (κ2) is 19.7. The third-order valence-electron chi connectivity index (χ3n) is 16.4. The molecule has 2 amide bonds. The van der Waals surface area contributed by atoms with Crippen molar-refractivity contribution in [3.05, 3.63) is 119 Å². The van der Waals surface area contributed by atoms with Gasteiger partial charge in [-0.25, -0.2) is 33.4 Å². The molecule has 0 spiro atoms. The average Bonchev–Trinajstić information content (AvgIpc) is 4.16. The van der Waals surface area contributed by atoms with E-state index in [1.54, 1.807) is 24.8 Å². The summed E-state index contributed by atoms with van der Waals surface area (Å²) in [5.41, 5.74) is -0.0466. The molecular formula is C55H57F4N9O10. The quantitative estimate of drug-likeness (QED) is 0.0764. The summed E-state index contributed by atoms with van der Waals surface area (Å²) in [5, 5.41) is 42.4. The Bertz CT molecular complexity index is 3600. The number of halogens is 4. The molecule has 78 heavy (non-hydrogen) atoms. The van der Waals surface area contributed by atoms with Crippen LogP contribution in [0.1, 0.15) is 108 Å². The number of fused-ring (bicyclic) bond motifs is 5. The van der Waals surface area contributed by atoms with E-state index in [2.05, 4.69) is 20.4 Å². The van der Waals surface area contributed by atoms with E-state index in [1.807, 2.05) is 18.7 Å². The van der Waals surface area contributed by atoms with Crippen molar-refractivity contribution in [3.8, 4) is 40.0 Å². The maximum atomic E-state index is 15.4. The molecule has 0 unspecified atom stereocenters. The van der Waals surface area contributed by atoms with Gasteiger partial charge in [0.25, 0.3) is 11.5 Å². The molecule has 2 saturated heterocycles. The Balaban J connectivity index is 0.711. The predicted octanol–water partition coefficient (Wildman–Crippen LogP) is 6.14. The molecule has 23 heteroatoms. The summed E-state index contributed by atoms with van der Waals surface area (Å²) in [5.74, 6) is -2.77. The number of nitrogens with zero attached hydrogens (tertiary/aromatic N) is 7. The molecule has 2 fully saturated rings. The van der Waals surface area contributed by atoms with Crippen LogP contribution in [0.15, 0.2) is 52.1 Å². The Morgan fingerprint density at radius 3 is 2.41 bits per heavy atom. The first kappa shape index (κ1) is 52.4. The van der Waals surface area contributed by atoms with E-state index in [9.17, 15) is 52.5 Å². The monoisotopic (exact) mass is 1080 g/mol. The number of aliphatic hydroxyl groups is 1. The molecule has 410 valence electrons. The third-order valence-corrected chi connectivity index (χ3v) is 16.4. The number of H-pyrrole nitrogens is 1. The van der Waals surface area contributed by atoms with Crippen molar-refractivity contribution >= 4 is 28.9 Å². The van der Waals surface area contributed by atoms with Crippen molar-refractivity contribution in [1.82, 2.24) is 44.3 Å². The highest BCUT2D eigenvalue weighted by molar-refractivity contribution is 5.94.